The van der Waals surface area contributed by atoms with Gasteiger partial charge < -0.3 is 10.1 Å². The number of ether oxygens (including phenoxy) is 1. The van der Waals surface area contributed by atoms with Gasteiger partial charge in [-0.1, -0.05) is 13.8 Å². The standard InChI is InChI=1S/C15H19N3O3/c1-8(2)15(4)14(20)17-12(18-15)11-10(13(19)21-5)6-9(3)7-16-11/h6-8H,1-5H3,(H,17,18,20). The minimum atomic E-state index is -0.852. The maximum atomic E-state index is 12.2. The van der Waals surface area contributed by atoms with Gasteiger partial charge in [0.25, 0.3) is 5.91 Å². The van der Waals surface area contributed by atoms with Crippen molar-refractivity contribution in [2.45, 2.75) is 33.2 Å². The molecule has 2 heterocycles. The van der Waals surface area contributed by atoms with Gasteiger partial charge in [-0.25, -0.2) is 9.79 Å². The summed E-state index contributed by atoms with van der Waals surface area (Å²) in [5.74, 6) is -0.347. The Balaban J connectivity index is 2.54. The van der Waals surface area contributed by atoms with Crippen molar-refractivity contribution < 1.29 is 14.3 Å². The molecular formula is C15H19N3O3. The van der Waals surface area contributed by atoms with E-state index in [2.05, 4.69) is 15.3 Å². The molecule has 1 unspecified atom stereocenters. The van der Waals surface area contributed by atoms with Crippen molar-refractivity contribution in [2.75, 3.05) is 7.11 Å². The average Bonchev–Trinajstić information content (AvgIpc) is 2.75. The second kappa shape index (κ2) is 5.27. The van der Waals surface area contributed by atoms with Gasteiger partial charge in [0.15, 0.2) is 5.84 Å². The van der Waals surface area contributed by atoms with Crippen molar-refractivity contribution >= 4 is 17.7 Å². The number of esters is 1. The molecule has 21 heavy (non-hydrogen) atoms. The summed E-state index contributed by atoms with van der Waals surface area (Å²) in [6.07, 6.45) is 1.63. The Kier molecular flexibility index (Phi) is 3.80. The number of carbonyl (C=O) groups excluding carboxylic acids is 2. The molecule has 0 aliphatic carbocycles. The molecule has 1 N–H and O–H groups in total. The van der Waals surface area contributed by atoms with E-state index in [1.54, 1.807) is 19.2 Å². The smallest absolute Gasteiger partial charge is 0.340 e. The highest BCUT2D eigenvalue weighted by atomic mass is 16.5. The van der Waals surface area contributed by atoms with Gasteiger partial charge in [0.1, 0.15) is 11.2 Å². The van der Waals surface area contributed by atoms with Gasteiger partial charge in [-0.15, -0.1) is 0 Å². The van der Waals surface area contributed by atoms with Gasteiger partial charge in [0.05, 0.1) is 12.7 Å². The van der Waals surface area contributed by atoms with Crippen molar-refractivity contribution in [3.8, 4) is 0 Å². The molecule has 0 bridgehead atoms. The Hall–Kier alpha value is -2.24. The molecule has 6 nitrogen and oxygen atoms in total. The molecule has 0 saturated carbocycles. The summed E-state index contributed by atoms with van der Waals surface area (Å²) in [6.45, 7) is 7.45. The summed E-state index contributed by atoms with van der Waals surface area (Å²) < 4.78 is 4.77. The number of hydrogen-bond acceptors (Lipinski definition) is 5. The van der Waals surface area contributed by atoms with Crippen LogP contribution in [0.4, 0.5) is 0 Å². The molecule has 112 valence electrons. The minimum Gasteiger partial charge on any atom is -0.465 e. The number of aromatic nitrogens is 1. The van der Waals surface area contributed by atoms with Crippen molar-refractivity contribution in [1.82, 2.24) is 10.3 Å². The fraction of sp³-hybridized carbons (Fsp3) is 0.467. The summed E-state index contributed by atoms with van der Waals surface area (Å²) in [5, 5.41) is 2.72. The number of nitrogens with zero attached hydrogens (tertiary/aromatic N) is 2. The Bertz CT molecular complexity index is 637. The van der Waals surface area contributed by atoms with Crippen LogP contribution in [-0.4, -0.2) is 35.3 Å². The van der Waals surface area contributed by atoms with E-state index >= 15 is 0 Å². The third-order valence-corrected chi connectivity index (χ3v) is 3.81. The number of aryl methyl sites for hydroxylation is 1. The molecule has 1 aromatic rings. The lowest BCUT2D eigenvalue weighted by atomic mass is 9.89. The van der Waals surface area contributed by atoms with Crippen LogP contribution in [0.3, 0.4) is 0 Å². The maximum absolute atomic E-state index is 12.2. The summed E-state index contributed by atoms with van der Waals surface area (Å²) in [7, 11) is 1.31. The molecular weight excluding hydrogens is 270 g/mol. The fourth-order valence-electron chi connectivity index (χ4n) is 2.07. The van der Waals surface area contributed by atoms with E-state index in [-0.39, 0.29) is 11.8 Å². The highest BCUT2D eigenvalue weighted by Crippen LogP contribution is 2.27. The van der Waals surface area contributed by atoms with E-state index in [0.717, 1.165) is 5.56 Å². The fourth-order valence-corrected chi connectivity index (χ4v) is 2.07. The zero-order valence-corrected chi connectivity index (χ0v) is 12.9. The van der Waals surface area contributed by atoms with Crippen LogP contribution in [0.5, 0.6) is 0 Å². The normalized spacial score (nSPS) is 21.2. The van der Waals surface area contributed by atoms with Crippen LogP contribution in [0.2, 0.25) is 0 Å². The molecule has 1 aliphatic rings. The number of aliphatic imine (C=N–C) groups is 1. The summed E-state index contributed by atoms with van der Waals surface area (Å²) in [4.78, 5) is 32.8. The van der Waals surface area contributed by atoms with Crippen LogP contribution in [0, 0.1) is 12.8 Å². The van der Waals surface area contributed by atoms with E-state index in [9.17, 15) is 9.59 Å². The number of amides is 1. The Morgan fingerprint density at radius 3 is 2.62 bits per heavy atom. The van der Waals surface area contributed by atoms with Gasteiger partial charge in [-0.2, -0.15) is 0 Å². The highest BCUT2D eigenvalue weighted by molar-refractivity contribution is 6.17. The SMILES string of the molecule is COC(=O)c1cc(C)cnc1C1=NC(C)(C(C)C)C(=O)N1. The summed E-state index contributed by atoms with van der Waals surface area (Å²) in [6, 6.07) is 1.67. The Morgan fingerprint density at radius 1 is 1.43 bits per heavy atom. The summed E-state index contributed by atoms with van der Waals surface area (Å²) in [5.41, 5.74) is 0.611. The first-order valence-corrected chi connectivity index (χ1v) is 6.76. The third kappa shape index (κ3) is 2.53. The van der Waals surface area contributed by atoms with E-state index in [4.69, 9.17) is 4.74 Å². The second-order valence-corrected chi connectivity index (χ2v) is 5.62. The van der Waals surface area contributed by atoms with Crippen LogP contribution < -0.4 is 5.32 Å². The molecule has 0 spiro atoms. The molecule has 2 rings (SSSR count). The van der Waals surface area contributed by atoms with Crippen LogP contribution in [-0.2, 0) is 9.53 Å². The Labute approximate surface area is 123 Å². The van der Waals surface area contributed by atoms with E-state index in [1.165, 1.54) is 7.11 Å². The molecule has 1 aromatic heterocycles. The first kappa shape index (κ1) is 15.2. The number of hydrogen-bond donors (Lipinski definition) is 1. The first-order valence-electron chi connectivity index (χ1n) is 6.76. The highest BCUT2D eigenvalue weighted by Gasteiger charge is 2.43. The number of nitrogens with one attached hydrogen (secondary N) is 1. The monoisotopic (exact) mass is 289 g/mol. The van der Waals surface area contributed by atoms with Crippen LogP contribution in [0.15, 0.2) is 17.3 Å². The molecule has 1 aliphatic heterocycles. The van der Waals surface area contributed by atoms with Crippen LogP contribution in [0.1, 0.15) is 42.4 Å². The number of pyridine rings is 1. The van der Waals surface area contributed by atoms with Crippen molar-refractivity contribution in [2.24, 2.45) is 10.9 Å². The van der Waals surface area contributed by atoms with E-state index in [0.29, 0.717) is 17.1 Å². The number of rotatable bonds is 3. The molecule has 0 radical (unpaired) electrons. The molecule has 1 atom stereocenters. The van der Waals surface area contributed by atoms with Gasteiger partial charge in [0.2, 0.25) is 0 Å². The predicted octanol–water partition coefficient (Wildman–Crippen LogP) is 1.47. The molecule has 0 saturated heterocycles. The van der Waals surface area contributed by atoms with Crippen molar-refractivity contribution in [3.63, 3.8) is 0 Å². The largest absolute Gasteiger partial charge is 0.465 e. The molecule has 6 heteroatoms. The van der Waals surface area contributed by atoms with Gasteiger partial charge >= 0.3 is 5.97 Å². The second-order valence-electron chi connectivity index (χ2n) is 5.62. The van der Waals surface area contributed by atoms with Gasteiger partial charge in [-0.05, 0) is 31.4 Å². The van der Waals surface area contributed by atoms with Crippen LogP contribution >= 0.6 is 0 Å². The quantitative estimate of drug-likeness (QED) is 0.854. The zero-order valence-electron chi connectivity index (χ0n) is 12.9. The average molecular weight is 289 g/mol. The van der Waals surface area contributed by atoms with Crippen LogP contribution in [0.25, 0.3) is 0 Å². The Morgan fingerprint density at radius 2 is 2.10 bits per heavy atom. The minimum absolute atomic E-state index is 0.0297. The molecule has 0 aromatic carbocycles. The topological polar surface area (TPSA) is 80.7 Å². The van der Waals surface area contributed by atoms with Crippen molar-refractivity contribution in [1.29, 1.82) is 0 Å². The molecule has 1 amide bonds. The van der Waals surface area contributed by atoms with Gasteiger partial charge in [0, 0.05) is 6.20 Å². The lowest BCUT2D eigenvalue weighted by molar-refractivity contribution is -0.124. The zero-order chi connectivity index (χ0) is 15.8. The first-order chi connectivity index (χ1) is 9.79. The maximum Gasteiger partial charge on any atom is 0.340 e. The summed E-state index contributed by atoms with van der Waals surface area (Å²) >= 11 is 0. The van der Waals surface area contributed by atoms with E-state index in [1.807, 2.05) is 20.8 Å². The van der Waals surface area contributed by atoms with Crippen molar-refractivity contribution in [3.05, 3.63) is 29.1 Å². The number of carbonyl (C=O) groups is 2. The number of amidine groups is 1. The lowest BCUT2D eigenvalue weighted by Crippen LogP contribution is -2.41. The van der Waals surface area contributed by atoms with Gasteiger partial charge in [-0.3, -0.25) is 9.78 Å². The third-order valence-electron chi connectivity index (χ3n) is 3.81. The predicted molar refractivity (Wildman–Crippen MR) is 78.2 cm³/mol. The molecule has 0 fully saturated rings. The lowest BCUT2D eigenvalue weighted by Gasteiger charge is -2.21. The van der Waals surface area contributed by atoms with E-state index < -0.39 is 11.5 Å². The number of methoxy groups -OCH3 is 1.